The van der Waals surface area contributed by atoms with Crippen molar-refractivity contribution in [3.63, 3.8) is 0 Å². The third kappa shape index (κ3) is 5.18. The van der Waals surface area contributed by atoms with Gasteiger partial charge < -0.3 is 15.7 Å². The maximum atomic E-state index is 13.7. The summed E-state index contributed by atoms with van der Waals surface area (Å²) in [6.07, 6.45) is -12.3. The van der Waals surface area contributed by atoms with Crippen molar-refractivity contribution in [1.29, 1.82) is 0 Å². The normalized spacial score (nSPS) is 20.7. The van der Waals surface area contributed by atoms with Gasteiger partial charge in [0.25, 0.3) is 15.6 Å². The average molecular weight is 584 g/mol. The molecule has 15 heteroatoms. The first-order valence-corrected chi connectivity index (χ1v) is 13.2. The number of halogens is 7. The molecule has 1 unspecified atom stereocenters. The van der Waals surface area contributed by atoms with Gasteiger partial charge in [-0.1, -0.05) is 12.1 Å². The van der Waals surface area contributed by atoms with Crippen LogP contribution in [0.25, 0.3) is 0 Å². The Morgan fingerprint density at radius 3 is 2.15 bits per heavy atom. The van der Waals surface area contributed by atoms with Gasteiger partial charge in [0.2, 0.25) is 5.91 Å². The van der Waals surface area contributed by atoms with E-state index >= 15 is 0 Å². The molecule has 2 atom stereocenters. The number of fused-ring (bicyclic) bond motifs is 1. The lowest BCUT2D eigenvalue weighted by atomic mass is 9.87. The highest BCUT2D eigenvalue weighted by Gasteiger charge is 2.71. The summed E-state index contributed by atoms with van der Waals surface area (Å²) in [6, 6.07) is 3.94. The van der Waals surface area contributed by atoms with Crippen molar-refractivity contribution in [3.05, 3.63) is 59.4 Å². The molecule has 39 heavy (non-hydrogen) atoms. The Labute approximate surface area is 219 Å². The molecule has 7 nitrogen and oxygen atoms in total. The summed E-state index contributed by atoms with van der Waals surface area (Å²) >= 11 is 0. The SMILES string of the molecule is NC1CCN(C(=O)C[C@@H]2CCc3cc(C(O)(C(F)(F)F)C(F)(F)F)ccc3N2S(=O)(=O)c2ccc(F)cc2)C1. The van der Waals surface area contributed by atoms with Crippen LogP contribution in [0.4, 0.5) is 36.4 Å². The van der Waals surface area contributed by atoms with Crippen LogP contribution in [-0.2, 0) is 26.8 Å². The highest BCUT2D eigenvalue weighted by molar-refractivity contribution is 7.92. The van der Waals surface area contributed by atoms with Crippen LogP contribution in [0.2, 0.25) is 0 Å². The number of alkyl halides is 6. The molecule has 0 spiro atoms. The summed E-state index contributed by atoms with van der Waals surface area (Å²) in [5.74, 6) is -1.16. The van der Waals surface area contributed by atoms with Crippen LogP contribution < -0.4 is 10.0 Å². The number of rotatable bonds is 5. The maximum Gasteiger partial charge on any atom is 0.430 e. The van der Waals surface area contributed by atoms with Gasteiger partial charge in [0.15, 0.2) is 0 Å². The average Bonchev–Trinajstić information content (AvgIpc) is 3.28. The topological polar surface area (TPSA) is 104 Å². The van der Waals surface area contributed by atoms with Gasteiger partial charge in [-0.15, -0.1) is 0 Å². The fraction of sp³-hybridized carbons (Fsp3) is 0.458. The number of aryl methyl sites for hydroxylation is 1. The number of nitrogens with zero attached hydrogens (tertiary/aromatic N) is 2. The molecule has 1 fully saturated rings. The minimum Gasteiger partial charge on any atom is -0.369 e. The van der Waals surface area contributed by atoms with Crippen LogP contribution in [0.15, 0.2) is 47.4 Å². The Morgan fingerprint density at radius 2 is 1.62 bits per heavy atom. The third-order valence-corrected chi connectivity index (χ3v) is 8.87. The molecule has 2 aliphatic rings. The highest BCUT2D eigenvalue weighted by Crippen LogP contribution is 2.51. The minimum atomic E-state index is -6.13. The van der Waals surface area contributed by atoms with Crippen molar-refractivity contribution in [2.75, 3.05) is 17.4 Å². The molecule has 4 rings (SSSR count). The predicted octanol–water partition coefficient (Wildman–Crippen LogP) is 3.60. The molecule has 1 saturated heterocycles. The molecule has 2 aliphatic heterocycles. The summed E-state index contributed by atoms with van der Waals surface area (Å²) < 4.78 is 122. The number of amides is 1. The van der Waals surface area contributed by atoms with Crippen molar-refractivity contribution in [3.8, 4) is 0 Å². The van der Waals surface area contributed by atoms with Crippen LogP contribution in [0.5, 0.6) is 0 Å². The molecule has 1 amide bonds. The quantitative estimate of drug-likeness (QED) is 0.524. The van der Waals surface area contributed by atoms with Crippen molar-refractivity contribution in [1.82, 2.24) is 4.90 Å². The van der Waals surface area contributed by atoms with E-state index in [0.29, 0.717) is 25.1 Å². The first-order chi connectivity index (χ1) is 18.0. The van der Waals surface area contributed by atoms with Gasteiger partial charge in [0.1, 0.15) is 5.82 Å². The predicted molar refractivity (Wildman–Crippen MR) is 124 cm³/mol. The van der Waals surface area contributed by atoms with Gasteiger partial charge in [-0.2, -0.15) is 26.3 Å². The van der Waals surface area contributed by atoms with E-state index in [1.54, 1.807) is 0 Å². The molecular weight excluding hydrogens is 559 g/mol. The molecule has 0 radical (unpaired) electrons. The van der Waals surface area contributed by atoms with E-state index in [0.717, 1.165) is 34.6 Å². The lowest BCUT2D eigenvalue weighted by molar-refractivity contribution is -0.376. The lowest BCUT2D eigenvalue weighted by Crippen LogP contribution is -2.54. The number of aliphatic hydroxyl groups is 1. The number of hydrogen-bond acceptors (Lipinski definition) is 5. The minimum absolute atomic E-state index is 0.126. The molecule has 2 aromatic rings. The van der Waals surface area contributed by atoms with Crippen LogP contribution in [0.3, 0.4) is 0 Å². The molecule has 0 aliphatic carbocycles. The molecule has 2 heterocycles. The van der Waals surface area contributed by atoms with Crippen molar-refractivity contribution in [2.45, 2.75) is 60.6 Å². The Hall–Kier alpha value is -2.91. The number of anilines is 1. The molecule has 0 saturated carbocycles. The van der Waals surface area contributed by atoms with Crippen molar-refractivity contribution < 1.29 is 49.1 Å². The zero-order valence-electron chi connectivity index (χ0n) is 20.1. The maximum absolute atomic E-state index is 13.7. The van der Waals surface area contributed by atoms with Crippen LogP contribution in [0.1, 0.15) is 30.4 Å². The summed E-state index contributed by atoms with van der Waals surface area (Å²) in [6.45, 7) is 0.606. The highest BCUT2D eigenvalue weighted by atomic mass is 32.2. The largest absolute Gasteiger partial charge is 0.430 e. The van der Waals surface area contributed by atoms with Crippen molar-refractivity contribution in [2.24, 2.45) is 5.73 Å². The van der Waals surface area contributed by atoms with Crippen LogP contribution >= 0.6 is 0 Å². The number of sulfonamides is 1. The molecule has 214 valence electrons. The Morgan fingerprint density at radius 1 is 1.00 bits per heavy atom. The molecule has 0 aromatic heterocycles. The second-order valence-corrected chi connectivity index (χ2v) is 11.4. The molecule has 0 bridgehead atoms. The Bertz CT molecular complexity index is 1330. The number of hydrogen-bond donors (Lipinski definition) is 2. The fourth-order valence-electron chi connectivity index (χ4n) is 4.93. The summed E-state index contributed by atoms with van der Waals surface area (Å²) in [5, 5.41) is 9.82. The number of nitrogens with two attached hydrogens (primary N) is 1. The second-order valence-electron chi connectivity index (χ2n) is 9.59. The summed E-state index contributed by atoms with van der Waals surface area (Å²) in [4.78, 5) is 14.0. The van der Waals surface area contributed by atoms with E-state index in [-0.39, 0.29) is 43.1 Å². The number of carbonyl (C=O) groups excluding carboxylic acids is 1. The standard InChI is InChI=1S/C24H24F7N3O4S/c25-16-3-6-19(7-4-16)39(37,38)34-18(12-21(35)33-10-9-17(32)13-33)5-1-14-11-15(2-8-20(14)34)22(36,23(26,27)28)24(29,30)31/h2-4,6-8,11,17-18,36H,1,5,9-10,12-13,32H2/t17?,18-/m0/s1. The van der Waals surface area contributed by atoms with E-state index in [4.69, 9.17) is 5.73 Å². The Balaban J connectivity index is 1.80. The zero-order valence-corrected chi connectivity index (χ0v) is 21.0. The third-order valence-electron chi connectivity index (χ3n) is 6.99. The van der Waals surface area contributed by atoms with Gasteiger partial charge in [-0.05, 0) is 55.2 Å². The number of carbonyl (C=O) groups is 1. The monoisotopic (exact) mass is 583 g/mol. The van der Waals surface area contributed by atoms with Gasteiger partial charge in [0, 0.05) is 31.1 Å². The van der Waals surface area contributed by atoms with E-state index in [2.05, 4.69) is 0 Å². The van der Waals surface area contributed by atoms with Crippen LogP contribution in [0, 0.1) is 5.82 Å². The first kappa shape index (κ1) is 29.1. The summed E-state index contributed by atoms with van der Waals surface area (Å²) in [5.41, 5.74) is -1.35. The van der Waals surface area contributed by atoms with E-state index in [1.807, 2.05) is 0 Å². The summed E-state index contributed by atoms with van der Waals surface area (Å²) in [7, 11) is -4.56. The van der Waals surface area contributed by atoms with E-state index < -0.39 is 56.2 Å². The first-order valence-electron chi connectivity index (χ1n) is 11.8. The van der Waals surface area contributed by atoms with Gasteiger partial charge in [0.05, 0.1) is 16.6 Å². The lowest BCUT2D eigenvalue weighted by Gasteiger charge is -2.39. The number of benzene rings is 2. The Kier molecular flexibility index (Phi) is 7.40. The van der Waals surface area contributed by atoms with Gasteiger partial charge >= 0.3 is 12.4 Å². The van der Waals surface area contributed by atoms with E-state index in [1.165, 1.54) is 4.90 Å². The molecule has 3 N–H and O–H groups in total. The smallest absolute Gasteiger partial charge is 0.369 e. The second kappa shape index (κ2) is 9.93. The van der Waals surface area contributed by atoms with Crippen LogP contribution in [-0.4, -0.2) is 61.9 Å². The molecular formula is C24H24F7N3O4S. The van der Waals surface area contributed by atoms with E-state index in [9.17, 15) is 49.1 Å². The van der Waals surface area contributed by atoms with Gasteiger partial charge in [-0.25, -0.2) is 12.8 Å². The zero-order chi connectivity index (χ0) is 29.0. The van der Waals surface area contributed by atoms with Gasteiger partial charge in [-0.3, -0.25) is 9.10 Å². The number of likely N-dealkylation sites (tertiary alicyclic amines) is 1. The molecule has 2 aromatic carbocycles. The fourth-order valence-corrected chi connectivity index (χ4v) is 6.64. The van der Waals surface area contributed by atoms with Crippen molar-refractivity contribution >= 4 is 21.6 Å².